The second-order valence-electron chi connectivity index (χ2n) is 4.70. The van der Waals surface area contributed by atoms with E-state index in [9.17, 15) is 5.11 Å². The summed E-state index contributed by atoms with van der Waals surface area (Å²) in [4.78, 5) is 7.72. The van der Waals surface area contributed by atoms with Crippen LogP contribution in [0.4, 0.5) is 5.69 Å². The lowest BCUT2D eigenvalue weighted by Gasteiger charge is -2.24. The van der Waals surface area contributed by atoms with Crippen LogP contribution in [-0.4, -0.2) is 17.1 Å². The highest BCUT2D eigenvalue weighted by Crippen LogP contribution is 2.29. The van der Waals surface area contributed by atoms with Gasteiger partial charge in [-0.2, -0.15) is 0 Å². The van der Waals surface area contributed by atoms with E-state index in [-0.39, 0.29) is 0 Å². The van der Waals surface area contributed by atoms with Gasteiger partial charge >= 0.3 is 0 Å². The molecule has 1 aromatic heterocycles. The van der Waals surface area contributed by atoms with Gasteiger partial charge in [-0.1, -0.05) is 25.1 Å². The Morgan fingerprint density at radius 3 is 2.74 bits per heavy atom. The number of aliphatic hydroxyl groups is 1. The van der Waals surface area contributed by atoms with Gasteiger partial charge in [0.05, 0.1) is 23.9 Å². The van der Waals surface area contributed by atoms with Gasteiger partial charge in [0.1, 0.15) is 0 Å². The fourth-order valence-corrected chi connectivity index (χ4v) is 2.94. The van der Waals surface area contributed by atoms with Gasteiger partial charge in [0.25, 0.3) is 0 Å². The predicted octanol–water partition coefficient (Wildman–Crippen LogP) is 3.53. The van der Waals surface area contributed by atoms with Crippen molar-refractivity contribution in [3.05, 3.63) is 45.9 Å². The fourth-order valence-electron chi connectivity index (χ4n) is 2.12. The number of thiazole rings is 1. The Labute approximate surface area is 118 Å². The van der Waals surface area contributed by atoms with Gasteiger partial charge in [-0.15, -0.1) is 11.3 Å². The van der Waals surface area contributed by atoms with E-state index in [0.717, 1.165) is 29.9 Å². The number of benzene rings is 1. The molecule has 0 aliphatic heterocycles. The molecule has 1 heterocycles. The number of hydrogen-bond acceptors (Lipinski definition) is 4. The number of hydrogen-bond donors (Lipinski definition) is 1. The largest absolute Gasteiger partial charge is 0.388 e. The first-order valence-corrected chi connectivity index (χ1v) is 7.38. The molecule has 1 atom stereocenters. The molecule has 102 valence electrons. The Balaban J connectivity index is 2.24. The zero-order chi connectivity index (χ0) is 13.8. The summed E-state index contributed by atoms with van der Waals surface area (Å²) in [5.74, 6) is 0. The van der Waals surface area contributed by atoms with Crippen LogP contribution in [0.25, 0.3) is 0 Å². The van der Waals surface area contributed by atoms with Crippen LogP contribution in [0.15, 0.2) is 29.8 Å². The Morgan fingerprint density at radius 2 is 2.11 bits per heavy atom. The lowest BCUT2D eigenvalue weighted by atomic mass is 10.0. The van der Waals surface area contributed by atoms with E-state index in [0.29, 0.717) is 0 Å². The molecule has 0 saturated carbocycles. The summed E-state index contributed by atoms with van der Waals surface area (Å²) in [6.07, 6.45) is 0.325. The summed E-state index contributed by atoms with van der Waals surface area (Å²) in [7, 11) is 2.06. The van der Waals surface area contributed by atoms with E-state index in [1.165, 1.54) is 4.88 Å². The zero-order valence-corrected chi connectivity index (χ0v) is 12.4. The van der Waals surface area contributed by atoms with Crippen molar-refractivity contribution in [1.82, 2.24) is 4.98 Å². The first-order valence-electron chi connectivity index (χ1n) is 6.50. The first kappa shape index (κ1) is 14.0. The molecule has 0 radical (unpaired) electrons. The van der Waals surface area contributed by atoms with E-state index >= 15 is 0 Å². The summed E-state index contributed by atoms with van der Waals surface area (Å²) in [6.45, 7) is 4.85. The third-order valence-electron chi connectivity index (χ3n) is 3.32. The zero-order valence-electron chi connectivity index (χ0n) is 11.6. The molecule has 2 rings (SSSR count). The van der Waals surface area contributed by atoms with Crippen LogP contribution in [0.2, 0.25) is 0 Å². The van der Waals surface area contributed by atoms with Crippen molar-refractivity contribution < 1.29 is 5.11 Å². The number of anilines is 1. The van der Waals surface area contributed by atoms with Crippen molar-refractivity contribution in [2.75, 3.05) is 11.9 Å². The van der Waals surface area contributed by atoms with Gasteiger partial charge in [0.2, 0.25) is 0 Å². The van der Waals surface area contributed by atoms with E-state index < -0.39 is 6.10 Å². The third-order valence-corrected chi connectivity index (χ3v) is 4.24. The topological polar surface area (TPSA) is 36.4 Å². The van der Waals surface area contributed by atoms with Crippen molar-refractivity contribution in [3.8, 4) is 0 Å². The number of aromatic nitrogens is 1. The minimum Gasteiger partial charge on any atom is -0.388 e. The van der Waals surface area contributed by atoms with Gasteiger partial charge in [-0.05, 0) is 19.4 Å². The van der Waals surface area contributed by atoms with Crippen LogP contribution in [-0.2, 0) is 6.54 Å². The average molecular weight is 276 g/mol. The van der Waals surface area contributed by atoms with Gasteiger partial charge in [0.15, 0.2) is 0 Å². The van der Waals surface area contributed by atoms with Crippen LogP contribution < -0.4 is 4.90 Å². The van der Waals surface area contributed by atoms with Crippen LogP contribution in [0.3, 0.4) is 0 Å². The lowest BCUT2D eigenvalue weighted by molar-refractivity contribution is 0.174. The summed E-state index contributed by atoms with van der Waals surface area (Å²) in [5, 5.41) is 10.1. The molecule has 4 heteroatoms. The van der Waals surface area contributed by atoms with E-state index in [4.69, 9.17) is 0 Å². The summed E-state index contributed by atoms with van der Waals surface area (Å²) >= 11 is 1.68. The van der Waals surface area contributed by atoms with Gasteiger partial charge in [-0.3, -0.25) is 0 Å². The summed E-state index contributed by atoms with van der Waals surface area (Å²) in [5.41, 5.74) is 5.05. The molecular weight excluding hydrogens is 256 g/mol. The quantitative estimate of drug-likeness (QED) is 0.907. The Morgan fingerprint density at radius 1 is 1.37 bits per heavy atom. The SMILES string of the molecule is CC[C@H](O)c1ccccc1N(C)Cc1scnc1C. The van der Waals surface area contributed by atoms with Crippen LogP contribution in [0.5, 0.6) is 0 Å². The standard InChI is InChI=1S/C15H20N2OS/c1-4-14(18)12-7-5-6-8-13(12)17(3)9-15-11(2)16-10-19-15/h5-8,10,14,18H,4,9H2,1-3H3/t14-/m0/s1. The predicted molar refractivity (Wildman–Crippen MR) is 80.7 cm³/mol. The highest BCUT2D eigenvalue weighted by molar-refractivity contribution is 7.09. The molecule has 0 bridgehead atoms. The number of nitrogens with zero attached hydrogens (tertiary/aromatic N) is 2. The Bertz CT molecular complexity index is 538. The normalized spacial score (nSPS) is 12.4. The minimum atomic E-state index is -0.402. The summed E-state index contributed by atoms with van der Waals surface area (Å²) < 4.78 is 0. The molecule has 0 amide bonds. The summed E-state index contributed by atoms with van der Waals surface area (Å²) in [6, 6.07) is 8.05. The Hall–Kier alpha value is -1.39. The highest BCUT2D eigenvalue weighted by Gasteiger charge is 2.14. The van der Waals surface area contributed by atoms with Crippen LogP contribution >= 0.6 is 11.3 Å². The molecule has 0 spiro atoms. The smallest absolute Gasteiger partial charge is 0.0807 e. The molecule has 3 nitrogen and oxygen atoms in total. The molecule has 2 aromatic rings. The van der Waals surface area contributed by atoms with E-state index in [1.54, 1.807) is 11.3 Å². The molecule has 0 saturated heterocycles. The second kappa shape index (κ2) is 6.17. The second-order valence-corrected chi connectivity index (χ2v) is 5.64. The molecule has 0 aliphatic carbocycles. The maximum absolute atomic E-state index is 10.1. The number of aryl methyl sites for hydroxylation is 1. The van der Waals surface area contributed by atoms with Crippen molar-refractivity contribution in [3.63, 3.8) is 0 Å². The number of aliphatic hydroxyl groups excluding tert-OH is 1. The molecule has 19 heavy (non-hydrogen) atoms. The van der Waals surface area contributed by atoms with Gasteiger partial charge < -0.3 is 10.0 Å². The van der Waals surface area contributed by atoms with Crippen LogP contribution in [0.1, 0.15) is 35.6 Å². The lowest BCUT2D eigenvalue weighted by Crippen LogP contribution is -2.18. The number of rotatable bonds is 5. The maximum atomic E-state index is 10.1. The van der Waals surface area contributed by atoms with Crippen LogP contribution in [0, 0.1) is 6.92 Å². The molecule has 0 unspecified atom stereocenters. The average Bonchev–Trinajstić information content (AvgIpc) is 2.83. The van der Waals surface area contributed by atoms with Crippen molar-refractivity contribution in [2.45, 2.75) is 32.9 Å². The fraction of sp³-hybridized carbons (Fsp3) is 0.400. The monoisotopic (exact) mass is 276 g/mol. The van der Waals surface area contributed by atoms with Gasteiger partial charge in [0, 0.05) is 23.2 Å². The molecule has 1 aromatic carbocycles. The van der Waals surface area contributed by atoms with Crippen molar-refractivity contribution in [2.24, 2.45) is 0 Å². The Kier molecular flexibility index (Phi) is 4.56. The van der Waals surface area contributed by atoms with E-state index in [2.05, 4.69) is 23.0 Å². The van der Waals surface area contributed by atoms with Crippen molar-refractivity contribution in [1.29, 1.82) is 0 Å². The van der Waals surface area contributed by atoms with Gasteiger partial charge in [-0.25, -0.2) is 4.98 Å². The van der Waals surface area contributed by atoms with E-state index in [1.807, 2.05) is 37.6 Å². The number of para-hydroxylation sites is 1. The molecular formula is C15H20N2OS. The highest BCUT2D eigenvalue weighted by atomic mass is 32.1. The molecule has 1 N–H and O–H groups in total. The molecule has 0 aliphatic rings. The maximum Gasteiger partial charge on any atom is 0.0807 e. The molecule has 0 fully saturated rings. The van der Waals surface area contributed by atoms with Crippen molar-refractivity contribution >= 4 is 17.0 Å². The first-order chi connectivity index (χ1) is 9.13. The third kappa shape index (κ3) is 3.14. The minimum absolute atomic E-state index is 0.402.